The summed E-state index contributed by atoms with van der Waals surface area (Å²) in [6, 6.07) is 6.20. The summed E-state index contributed by atoms with van der Waals surface area (Å²) >= 11 is 0. The summed E-state index contributed by atoms with van der Waals surface area (Å²) in [6.07, 6.45) is 4.90. The number of allylic oxidation sites excluding steroid dienone is 3. The molecule has 4 rings (SSSR count). The Morgan fingerprint density at radius 2 is 1.93 bits per heavy atom. The standard InChI is InChI=1S/C24H28FNO3/c1-14-20(23(28)29-17-9-4-5-10-17)21(15-7-6-8-16(25)11-15)22-18(26-14)12-24(2,3)13-19(22)27/h6-8,11,17,21,26H,4-5,9-10,12-13H2,1-3H3/t21-/m1/s1. The van der Waals surface area contributed by atoms with Gasteiger partial charge in [-0.25, -0.2) is 9.18 Å². The van der Waals surface area contributed by atoms with Crippen LogP contribution in [0.2, 0.25) is 0 Å². The number of hydrogen-bond donors (Lipinski definition) is 1. The van der Waals surface area contributed by atoms with Gasteiger partial charge in [-0.3, -0.25) is 4.79 Å². The van der Waals surface area contributed by atoms with Gasteiger partial charge in [0.25, 0.3) is 0 Å². The first-order valence-corrected chi connectivity index (χ1v) is 10.5. The molecule has 154 valence electrons. The van der Waals surface area contributed by atoms with E-state index in [0.29, 0.717) is 35.2 Å². The number of hydrogen-bond acceptors (Lipinski definition) is 4. The largest absolute Gasteiger partial charge is 0.459 e. The van der Waals surface area contributed by atoms with E-state index >= 15 is 0 Å². The number of carbonyl (C=O) groups is 2. The van der Waals surface area contributed by atoms with Gasteiger partial charge < -0.3 is 10.1 Å². The summed E-state index contributed by atoms with van der Waals surface area (Å²) in [5.41, 5.74) is 3.00. The third-order valence-corrected chi connectivity index (χ3v) is 6.22. The van der Waals surface area contributed by atoms with E-state index < -0.39 is 11.9 Å². The molecule has 0 saturated heterocycles. The van der Waals surface area contributed by atoms with E-state index in [0.717, 1.165) is 31.4 Å². The molecule has 1 aliphatic heterocycles. The fourth-order valence-corrected chi connectivity index (χ4v) is 4.95. The van der Waals surface area contributed by atoms with Gasteiger partial charge >= 0.3 is 5.97 Å². The van der Waals surface area contributed by atoms with Crippen molar-refractivity contribution in [1.82, 2.24) is 5.32 Å². The number of dihydropyridines is 1. The van der Waals surface area contributed by atoms with Gasteiger partial charge in [-0.1, -0.05) is 26.0 Å². The van der Waals surface area contributed by atoms with Gasteiger partial charge in [-0.15, -0.1) is 0 Å². The number of Topliss-reactive ketones (excluding diaryl/α,β-unsaturated/α-hetero) is 1. The number of rotatable bonds is 3. The van der Waals surface area contributed by atoms with Crippen molar-refractivity contribution in [2.24, 2.45) is 5.41 Å². The second-order valence-corrected chi connectivity index (χ2v) is 9.30. The SMILES string of the molecule is CC1=C(C(=O)OC2CCCC2)[C@@H](c2cccc(F)c2)C2=C(CC(C)(C)CC2=O)N1. The lowest BCUT2D eigenvalue weighted by atomic mass is 9.68. The molecule has 0 spiro atoms. The lowest BCUT2D eigenvalue weighted by molar-refractivity contribution is -0.144. The van der Waals surface area contributed by atoms with Crippen molar-refractivity contribution in [2.75, 3.05) is 0 Å². The van der Waals surface area contributed by atoms with Gasteiger partial charge in [0.05, 0.1) is 5.57 Å². The number of esters is 1. The highest BCUT2D eigenvalue weighted by Gasteiger charge is 2.43. The molecular weight excluding hydrogens is 369 g/mol. The molecule has 1 saturated carbocycles. The molecule has 0 unspecified atom stereocenters. The molecule has 1 heterocycles. The molecule has 0 bridgehead atoms. The summed E-state index contributed by atoms with van der Waals surface area (Å²) in [6.45, 7) is 5.97. The van der Waals surface area contributed by atoms with E-state index in [9.17, 15) is 14.0 Å². The maximum Gasteiger partial charge on any atom is 0.337 e. The Hall–Kier alpha value is -2.43. The van der Waals surface area contributed by atoms with Crippen LogP contribution in [0, 0.1) is 11.2 Å². The fraction of sp³-hybridized carbons (Fsp3) is 0.500. The Balaban J connectivity index is 1.79. The smallest absolute Gasteiger partial charge is 0.337 e. The van der Waals surface area contributed by atoms with E-state index in [2.05, 4.69) is 19.2 Å². The molecular formula is C24H28FNO3. The first-order valence-electron chi connectivity index (χ1n) is 10.5. The van der Waals surface area contributed by atoms with E-state index in [4.69, 9.17) is 4.74 Å². The molecule has 4 nitrogen and oxygen atoms in total. The molecule has 0 aromatic heterocycles. The first kappa shape index (κ1) is 19.9. The van der Waals surface area contributed by atoms with Crippen LogP contribution in [0.5, 0.6) is 0 Å². The maximum absolute atomic E-state index is 14.1. The van der Waals surface area contributed by atoms with Crippen LogP contribution in [-0.4, -0.2) is 17.9 Å². The number of nitrogens with one attached hydrogen (secondary N) is 1. The average Bonchev–Trinajstić information content (AvgIpc) is 3.12. The molecule has 1 aromatic carbocycles. The van der Waals surface area contributed by atoms with Crippen molar-refractivity contribution in [3.63, 3.8) is 0 Å². The van der Waals surface area contributed by atoms with Gasteiger partial charge in [-0.05, 0) is 62.1 Å². The zero-order chi connectivity index (χ0) is 20.8. The zero-order valence-corrected chi connectivity index (χ0v) is 17.3. The minimum atomic E-state index is -0.598. The summed E-state index contributed by atoms with van der Waals surface area (Å²) in [5.74, 6) is -1.37. The van der Waals surface area contributed by atoms with Crippen LogP contribution in [-0.2, 0) is 14.3 Å². The highest BCUT2D eigenvalue weighted by Crippen LogP contribution is 2.47. The first-order chi connectivity index (χ1) is 13.7. The van der Waals surface area contributed by atoms with E-state index in [1.54, 1.807) is 12.1 Å². The second-order valence-electron chi connectivity index (χ2n) is 9.30. The fourth-order valence-electron chi connectivity index (χ4n) is 4.95. The zero-order valence-electron chi connectivity index (χ0n) is 17.3. The van der Waals surface area contributed by atoms with Crippen LogP contribution in [0.4, 0.5) is 4.39 Å². The lowest BCUT2D eigenvalue weighted by Crippen LogP contribution is -2.39. The van der Waals surface area contributed by atoms with Crippen molar-refractivity contribution in [3.05, 3.63) is 58.2 Å². The summed E-state index contributed by atoms with van der Waals surface area (Å²) in [4.78, 5) is 26.4. The Morgan fingerprint density at radius 3 is 2.62 bits per heavy atom. The highest BCUT2D eigenvalue weighted by molar-refractivity contribution is 6.04. The van der Waals surface area contributed by atoms with Crippen LogP contribution in [0.15, 0.2) is 46.8 Å². The topological polar surface area (TPSA) is 55.4 Å². The van der Waals surface area contributed by atoms with Crippen LogP contribution in [0.3, 0.4) is 0 Å². The van der Waals surface area contributed by atoms with Crippen LogP contribution in [0.25, 0.3) is 0 Å². The van der Waals surface area contributed by atoms with Crippen LogP contribution >= 0.6 is 0 Å². The van der Waals surface area contributed by atoms with Crippen molar-refractivity contribution in [1.29, 1.82) is 0 Å². The Morgan fingerprint density at radius 1 is 1.21 bits per heavy atom. The van der Waals surface area contributed by atoms with Crippen molar-refractivity contribution in [3.8, 4) is 0 Å². The third-order valence-electron chi connectivity index (χ3n) is 6.22. The average molecular weight is 397 g/mol. The predicted molar refractivity (Wildman–Crippen MR) is 108 cm³/mol. The molecule has 5 heteroatoms. The molecule has 1 atom stereocenters. The number of benzene rings is 1. The molecule has 3 aliphatic rings. The Kier molecular flexibility index (Phi) is 5.09. The van der Waals surface area contributed by atoms with Crippen LogP contribution in [0.1, 0.15) is 70.8 Å². The molecule has 0 radical (unpaired) electrons. The van der Waals surface area contributed by atoms with Crippen LogP contribution < -0.4 is 5.32 Å². The summed E-state index contributed by atoms with van der Waals surface area (Å²) < 4.78 is 19.9. The number of ether oxygens (including phenoxy) is 1. The predicted octanol–water partition coefficient (Wildman–Crippen LogP) is 4.92. The van der Waals surface area contributed by atoms with Crippen molar-refractivity contribution >= 4 is 11.8 Å². The molecule has 0 amide bonds. The molecule has 29 heavy (non-hydrogen) atoms. The normalized spacial score (nSPS) is 24.4. The van der Waals surface area contributed by atoms with Gasteiger partial charge in [0.15, 0.2) is 5.78 Å². The number of halogens is 1. The second kappa shape index (κ2) is 7.43. The molecule has 1 fully saturated rings. The van der Waals surface area contributed by atoms with E-state index in [-0.39, 0.29) is 23.1 Å². The van der Waals surface area contributed by atoms with Crippen molar-refractivity contribution in [2.45, 2.75) is 71.3 Å². The van der Waals surface area contributed by atoms with Crippen molar-refractivity contribution < 1.29 is 18.7 Å². The molecule has 1 aromatic rings. The van der Waals surface area contributed by atoms with Gasteiger partial charge in [0.1, 0.15) is 11.9 Å². The summed E-state index contributed by atoms with van der Waals surface area (Å²) in [5, 5.41) is 3.32. The van der Waals surface area contributed by atoms with Gasteiger partial charge in [-0.2, -0.15) is 0 Å². The number of ketones is 1. The quantitative estimate of drug-likeness (QED) is 0.736. The Bertz CT molecular complexity index is 922. The lowest BCUT2D eigenvalue weighted by Gasteiger charge is -2.39. The molecule has 2 aliphatic carbocycles. The van der Waals surface area contributed by atoms with E-state index in [1.807, 2.05) is 6.92 Å². The number of carbonyl (C=O) groups excluding carboxylic acids is 2. The maximum atomic E-state index is 14.1. The minimum Gasteiger partial charge on any atom is -0.459 e. The summed E-state index contributed by atoms with van der Waals surface area (Å²) in [7, 11) is 0. The van der Waals surface area contributed by atoms with E-state index in [1.165, 1.54) is 12.1 Å². The minimum absolute atomic E-state index is 0.0108. The van der Waals surface area contributed by atoms with Gasteiger partial charge in [0.2, 0.25) is 0 Å². The molecule has 1 N–H and O–H groups in total. The Labute approximate surface area is 171 Å². The van der Waals surface area contributed by atoms with Gasteiger partial charge in [0, 0.05) is 29.3 Å². The monoisotopic (exact) mass is 397 g/mol. The third kappa shape index (κ3) is 3.87. The highest BCUT2D eigenvalue weighted by atomic mass is 19.1.